The smallest absolute Gasteiger partial charge is 0.252 e. The monoisotopic (exact) mass is 292 g/mol. The van der Waals surface area contributed by atoms with Crippen molar-refractivity contribution in [3.05, 3.63) is 17.0 Å². The van der Waals surface area contributed by atoms with Crippen LogP contribution < -0.4 is 0 Å². The van der Waals surface area contributed by atoms with Gasteiger partial charge in [-0.25, -0.2) is 12.7 Å². The van der Waals surface area contributed by atoms with E-state index >= 15 is 0 Å². The number of nitrogens with zero attached hydrogens (tertiary/aromatic N) is 2. The van der Waals surface area contributed by atoms with Gasteiger partial charge in [0.15, 0.2) is 0 Å². The molecule has 0 aliphatic carbocycles. The van der Waals surface area contributed by atoms with Gasteiger partial charge in [0.25, 0.3) is 10.0 Å². The van der Waals surface area contributed by atoms with Crippen molar-refractivity contribution in [1.82, 2.24) is 9.21 Å². The Labute approximate surface area is 113 Å². The van der Waals surface area contributed by atoms with Gasteiger partial charge in [-0.05, 0) is 44.1 Å². The summed E-state index contributed by atoms with van der Waals surface area (Å²) >= 11 is 1.15. The Bertz CT molecular complexity index is 468. The lowest BCUT2D eigenvalue weighted by Gasteiger charge is -2.17. The second kappa shape index (κ2) is 6.63. The van der Waals surface area contributed by atoms with Crippen molar-refractivity contribution >= 4 is 21.4 Å². The highest BCUT2D eigenvalue weighted by Gasteiger charge is 2.22. The summed E-state index contributed by atoms with van der Waals surface area (Å²) in [7, 11) is 2.10. The third kappa shape index (κ3) is 4.03. The van der Waals surface area contributed by atoms with Crippen LogP contribution in [0.15, 0.2) is 15.7 Å². The van der Waals surface area contributed by atoms with Crippen LogP contribution in [0, 0.1) is 0 Å². The second-order valence-corrected chi connectivity index (χ2v) is 7.60. The van der Waals surface area contributed by atoms with E-state index in [4.69, 9.17) is 5.11 Å². The van der Waals surface area contributed by atoms with E-state index in [-0.39, 0.29) is 6.61 Å². The predicted molar refractivity (Wildman–Crippen MR) is 73.2 cm³/mol. The van der Waals surface area contributed by atoms with Gasteiger partial charge in [0.1, 0.15) is 4.21 Å². The molecule has 0 spiro atoms. The Kier molecular flexibility index (Phi) is 5.74. The lowest BCUT2D eigenvalue weighted by molar-refractivity contribution is 0.282. The summed E-state index contributed by atoms with van der Waals surface area (Å²) in [5.41, 5.74) is 0.639. The van der Waals surface area contributed by atoms with Gasteiger partial charge in [-0.15, -0.1) is 11.3 Å². The standard InChI is InChI=1S/C11H20N2O3S2/c1-12(2)5-4-6-13(3)18(15,16)11-7-10(8-14)9-17-11/h7,9,14H,4-6,8H2,1-3H3. The van der Waals surface area contributed by atoms with E-state index in [9.17, 15) is 8.42 Å². The molecule has 104 valence electrons. The molecule has 0 atom stereocenters. The Balaban J connectivity index is 2.67. The maximum atomic E-state index is 12.2. The lowest BCUT2D eigenvalue weighted by Crippen LogP contribution is -2.29. The van der Waals surface area contributed by atoms with Crippen LogP contribution in [-0.2, 0) is 16.6 Å². The van der Waals surface area contributed by atoms with E-state index in [0.717, 1.165) is 24.3 Å². The zero-order chi connectivity index (χ0) is 13.8. The number of aliphatic hydroxyl groups excluding tert-OH is 1. The topological polar surface area (TPSA) is 60.9 Å². The first-order chi connectivity index (χ1) is 8.37. The summed E-state index contributed by atoms with van der Waals surface area (Å²) in [5.74, 6) is 0. The molecule has 0 amide bonds. The van der Waals surface area contributed by atoms with Crippen LogP contribution in [0.25, 0.3) is 0 Å². The van der Waals surface area contributed by atoms with Gasteiger partial charge in [0.2, 0.25) is 0 Å². The van der Waals surface area contributed by atoms with Crippen LogP contribution in [0.2, 0.25) is 0 Å². The van der Waals surface area contributed by atoms with E-state index in [0.29, 0.717) is 16.3 Å². The zero-order valence-electron chi connectivity index (χ0n) is 11.0. The fourth-order valence-electron chi connectivity index (χ4n) is 1.45. The maximum absolute atomic E-state index is 12.2. The molecule has 0 bridgehead atoms. The number of hydrogen-bond acceptors (Lipinski definition) is 5. The minimum Gasteiger partial charge on any atom is -0.392 e. The normalized spacial score (nSPS) is 12.6. The first-order valence-corrected chi connectivity index (χ1v) is 7.99. The van der Waals surface area contributed by atoms with Crippen LogP contribution in [0.4, 0.5) is 0 Å². The highest BCUT2D eigenvalue weighted by molar-refractivity contribution is 7.91. The number of thiophene rings is 1. The highest BCUT2D eigenvalue weighted by atomic mass is 32.2. The van der Waals surface area contributed by atoms with Gasteiger partial charge in [-0.1, -0.05) is 0 Å². The molecular formula is C11H20N2O3S2. The number of rotatable bonds is 7. The molecule has 7 heteroatoms. The molecule has 1 N–H and O–H groups in total. The van der Waals surface area contributed by atoms with E-state index in [2.05, 4.69) is 0 Å². The van der Waals surface area contributed by atoms with Crippen molar-refractivity contribution in [3.8, 4) is 0 Å². The summed E-state index contributed by atoms with van der Waals surface area (Å²) in [6.07, 6.45) is 0.793. The molecule has 5 nitrogen and oxygen atoms in total. The van der Waals surface area contributed by atoms with Crippen molar-refractivity contribution in [1.29, 1.82) is 0 Å². The van der Waals surface area contributed by atoms with E-state index < -0.39 is 10.0 Å². The van der Waals surface area contributed by atoms with Crippen LogP contribution >= 0.6 is 11.3 Å². The molecule has 1 aromatic rings. The molecule has 0 aromatic carbocycles. The largest absolute Gasteiger partial charge is 0.392 e. The molecule has 18 heavy (non-hydrogen) atoms. The fraction of sp³-hybridized carbons (Fsp3) is 0.636. The van der Waals surface area contributed by atoms with E-state index in [1.54, 1.807) is 12.4 Å². The third-order valence-corrected chi connectivity index (χ3v) is 5.88. The summed E-state index contributed by atoms with van der Waals surface area (Å²) in [5, 5.41) is 10.6. The van der Waals surface area contributed by atoms with Crippen molar-refractivity contribution in [2.24, 2.45) is 0 Å². The van der Waals surface area contributed by atoms with E-state index in [1.165, 1.54) is 10.4 Å². The molecule has 1 aromatic heterocycles. The Morgan fingerprint density at radius 1 is 1.28 bits per heavy atom. The van der Waals surface area contributed by atoms with Crippen LogP contribution in [0.5, 0.6) is 0 Å². The summed E-state index contributed by atoms with van der Waals surface area (Å²) in [6, 6.07) is 1.53. The molecule has 1 heterocycles. The molecule has 0 aliphatic rings. The van der Waals surface area contributed by atoms with Crippen molar-refractivity contribution in [2.75, 3.05) is 34.2 Å². The summed E-state index contributed by atoms with van der Waals surface area (Å²) in [4.78, 5) is 2.02. The summed E-state index contributed by atoms with van der Waals surface area (Å²) < 4.78 is 26.0. The highest BCUT2D eigenvalue weighted by Crippen LogP contribution is 2.23. The first kappa shape index (κ1) is 15.6. The molecule has 1 rings (SSSR count). The first-order valence-electron chi connectivity index (χ1n) is 5.67. The molecule has 0 unspecified atom stereocenters. The Morgan fingerprint density at radius 2 is 1.94 bits per heavy atom. The van der Waals surface area contributed by atoms with Gasteiger partial charge >= 0.3 is 0 Å². The Morgan fingerprint density at radius 3 is 2.44 bits per heavy atom. The van der Waals surface area contributed by atoms with Gasteiger partial charge in [0, 0.05) is 13.6 Å². The Hall–Kier alpha value is -0.470. The van der Waals surface area contributed by atoms with Gasteiger partial charge in [-0.2, -0.15) is 0 Å². The number of sulfonamides is 1. The number of aliphatic hydroxyl groups is 1. The zero-order valence-corrected chi connectivity index (χ0v) is 12.6. The third-order valence-electron chi connectivity index (χ3n) is 2.56. The number of hydrogen-bond donors (Lipinski definition) is 1. The van der Waals surface area contributed by atoms with Gasteiger partial charge < -0.3 is 10.0 Å². The van der Waals surface area contributed by atoms with Gasteiger partial charge in [-0.3, -0.25) is 0 Å². The second-order valence-electron chi connectivity index (χ2n) is 4.42. The molecule has 0 saturated heterocycles. The molecule has 0 radical (unpaired) electrons. The minimum absolute atomic E-state index is 0.129. The fourth-order valence-corrected chi connectivity index (χ4v) is 4.07. The van der Waals surface area contributed by atoms with Crippen molar-refractivity contribution in [2.45, 2.75) is 17.2 Å². The van der Waals surface area contributed by atoms with E-state index in [1.807, 2.05) is 19.0 Å². The lowest BCUT2D eigenvalue weighted by atomic mass is 10.4. The average molecular weight is 292 g/mol. The van der Waals surface area contributed by atoms with Crippen LogP contribution in [0.1, 0.15) is 12.0 Å². The minimum atomic E-state index is -3.40. The summed E-state index contributed by atoms with van der Waals surface area (Å²) in [6.45, 7) is 1.22. The predicted octanol–water partition coefficient (Wildman–Crippen LogP) is 0.813. The molecule has 0 saturated carbocycles. The van der Waals surface area contributed by atoms with Crippen molar-refractivity contribution < 1.29 is 13.5 Å². The van der Waals surface area contributed by atoms with Crippen molar-refractivity contribution in [3.63, 3.8) is 0 Å². The van der Waals surface area contributed by atoms with Gasteiger partial charge in [0.05, 0.1) is 6.61 Å². The SMILES string of the molecule is CN(C)CCCN(C)S(=O)(=O)c1cc(CO)cs1. The van der Waals surface area contributed by atoms with Crippen LogP contribution in [0.3, 0.4) is 0 Å². The quantitative estimate of drug-likeness (QED) is 0.808. The molecular weight excluding hydrogens is 272 g/mol. The van der Waals surface area contributed by atoms with Crippen LogP contribution in [-0.4, -0.2) is 57.0 Å². The maximum Gasteiger partial charge on any atom is 0.252 e. The molecule has 0 aliphatic heterocycles. The average Bonchev–Trinajstić information content (AvgIpc) is 2.77. The molecule has 0 fully saturated rings.